The van der Waals surface area contributed by atoms with Crippen molar-refractivity contribution < 1.29 is 9.53 Å². The minimum atomic E-state index is -1.65. The Morgan fingerprint density at radius 1 is 1.20 bits per heavy atom. The topological polar surface area (TPSA) is 29.5 Å². The fraction of sp³-hybridized carbons (Fsp3) is 0.529. The van der Waals surface area contributed by atoms with Crippen molar-refractivity contribution >= 4 is 8.32 Å². The molecule has 0 aliphatic rings. The molecule has 112 valence electrons. The summed E-state index contributed by atoms with van der Waals surface area (Å²) < 4.78 is 6.23. The summed E-state index contributed by atoms with van der Waals surface area (Å²) in [7, 11) is -1.65. The minimum absolute atomic E-state index is 0.363. The molecule has 0 spiro atoms. The molecule has 0 aromatic heterocycles. The van der Waals surface area contributed by atoms with E-state index in [4.69, 9.17) is 4.43 Å². The Morgan fingerprint density at radius 3 is 2.20 bits per heavy atom. The first kappa shape index (κ1) is 17.1. The molecule has 0 aliphatic heterocycles. The summed E-state index contributed by atoms with van der Waals surface area (Å²) in [5.41, 5.74) is -0.364. The number of hydrogen-bond acceptors (Lipinski definition) is 2. The van der Waals surface area contributed by atoms with Crippen LogP contribution in [-0.2, 0) is 10.0 Å². The van der Waals surface area contributed by atoms with E-state index in [-0.39, 0.29) is 5.60 Å². The zero-order valence-corrected chi connectivity index (χ0v) is 14.4. The van der Waals surface area contributed by atoms with E-state index < -0.39 is 13.9 Å². The molecule has 2 nitrogen and oxygen atoms in total. The molecule has 1 N–H and O–H groups in total. The van der Waals surface area contributed by atoms with E-state index in [9.17, 15) is 5.11 Å². The first-order valence-corrected chi connectivity index (χ1v) is 10.6. The zero-order valence-electron chi connectivity index (χ0n) is 13.4. The van der Waals surface area contributed by atoms with Gasteiger partial charge in [-0.2, -0.15) is 0 Å². The van der Waals surface area contributed by atoms with Crippen LogP contribution in [-0.4, -0.2) is 19.0 Å². The molecule has 0 fully saturated rings. The van der Waals surface area contributed by atoms with Gasteiger partial charge in [-0.05, 0) is 45.5 Å². The highest BCUT2D eigenvalue weighted by Gasteiger charge is 2.37. The fourth-order valence-corrected chi connectivity index (χ4v) is 4.58. The number of aliphatic hydroxyl groups is 1. The molecule has 0 heterocycles. The highest BCUT2D eigenvalue weighted by atomic mass is 28.4. The van der Waals surface area contributed by atoms with Crippen molar-refractivity contribution in [3.05, 3.63) is 48.6 Å². The van der Waals surface area contributed by atoms with Gasteiger partial charge in [-0.15, -0.1) is 6.58 Å². The Balaban J connectivity index is 3.00. The zero-order chi connectivity index (χ0) is 15.4. The SMILES string of the molecule is C=CC[C@](O)(CC(C)(C)O[Si](C)(C)C)c1ccccc1. The summed E-state index contributed by atoms with van der Waals surface area (Å²) in [4.78, 5) is 0. The maximum absolute atomic E-state index is 11.1. The summed E-state index contributed by atoms with van der Waals surface area (Å²) >= 11 is 0. The van der Waals surface area contributed by atoms with E-state index in [0.717, 1.165) is 5.56 Å². The largest absolute Gasteiger partial charge is 0.413 e. The van der Waals surface area contributed by atoms with E-state index in [0.29, 0.717) is 12.8 Å². The molecule has 1 aromatic rings. The van der Waals surface area contributed by atoms with E-state index in [2.05, 4.69) is 40.1 Å². The fourth-order valence-electron chi connectivity index (χ4n) is 2.85. The van der Waals surface area contributed by atoms with Gasteiger partial charge in [-0.1, -0.05) is 36.4 Å². The molecule has 0 radical (unpaired) electrons. The predicted octanol–water partition coefficient (Wildman–Crippen LogP) is 4.47. The average Bonchev–Trinajstić information content (AvgIpc) is 2.26. The third kappa shape index (κ3) is 5.23. The molecule has 3 heteroatoms. The summed E-state index contributed by atoms with van der Waals surface area (Å²) in [6.45, 7) is 14.4. The van der Waals surface area contributed by atoms with E-state index in [1.54, 1.807) is 6.08 Å². The van der Waals surface area contributed by atoms with Crippen molar-refractivity contribution in [2.75, 3.05) is 0 Å². The predicted molar refractivity (Wildman–Crippen MR) is 88.3 cm³/mol. The van der Waals surface area contributed by atoms with E-state index in [1.807, 2.05) is 30.3 Å². The van der Waals surface area contributed by atoms with Crippen LogP contribution >= 0.6 is 0 Å². The lowest BCUT2D eigenvalue weighted by atomic mass is 9.81. The van der Waals surface area contributed by atoms with Gasteiger partial charge in [0.1, 0.15) is 0 Å². The van der Waals surface area contributed by atoms with Gasteiger partial charge in [0.15, 0.2) is 8.32 Å². The van der Waals surface area contributed by atoms with Gasteiger partial charge < -0.3 is 9.53 Å². The van der Waals surface area contributed by atoms with Gasteiger partial charge in [-0.3, -0.25) is 0 Å². The van der Waals surface area contributed by atoms with Crippen molar-refractivity contribution in [1.29, 1.82) is 0 Å². The second-order valence-corrected chi connectivity index (χ2v) is 11.5. The Kier molecular flexibility index (Phi) is 5.36. The van der Waals surface area contributed by atoms with Gasteiger partial charge in [0.25, 0.3) is 0 Å². The van der Waals surface area contributed by atoms with Crippen molar-refractivity contribution in [2.24, 2.45) is 0 Å². The number of rotatable bonds is 7. The van der Waals surface area contributed by atoms with Crippen LogP contribution in [0.5, 0.6) is 0 Å². The highest BCUT2D eigenvalue weighted by Crippen LogP contribution is 2.36. The first-order chi connectivity index (χ1) is 9.08. The maximum Gasteiger partial charge on any atom is 0.184 e. The van der Waals surface area contributed by atoms with Crippen molar-refractivity contribution in [3.63, 3.8) is 0 Å². The molecule has 1 rings (SSSR count). The summed E-state index contributed by atoms with van der Waals surface area (Å²) in [5, 5.41) is 11.1. The lowest BCUT2D eigenvalue weighted by Gasteiger charge is -2.40. The lowest BCUT2D eigenvalue weighted by molar-refractivity contribution is -0.0405. The number of benzene rings is 1. The average molecular weight is 292 g/mol. The minimum Gasteiger partial charge on any atom is -0.413 e. The van der Waals surface area contributed by atoms with Gasteiger partial charge in [0, 0.05) is 6.42 Å². The second kappa shape index (κ2) is 6.25. The van der Waals surface area contributed by atoms with Crippen LogP contribution < -0.4 is 0 Å². The Morgan fingerprint density at radius 2 is 1.75 bits per heavy atom. The summed E-state index contributed by atoms with van der Waals surface area (Å²) in [6.07, 6.45) is 2.85. The van der Waals surface area contributed by atoms with Crippen LogP contribution in [0.1, 0.15) is 32.3 Å². The summed E-state index contributed by atoms with van der Waals surface area (Å²) in [5.74, 6) is 0. The molecule has 0 saturated heterocycles. The Hall–Kier alpha value is -0.903. The van der Waals surface area contributed by atoms with E-state index in [1.165, 1.54) is 0 Å². The quantitative estimate of drug-likeness (QED) is 0.593. The molecule has 0 aliphatic carbocycles. The number of hydrogen-bond donors (Lipinski definition) is 1. The molecular formula is C17H28O2Si. The summed E-state index contributed by atoms with van der Waals surface area (Å²) in [6, 6.07) is 9.80. The van der Waals surface area contributed by atoms with E-state index >= 15 is 0 Å². The van der Waals surface area contributed by atoms with Gasteiger partial charge in [-0.25, -0.2) is 0 Å². The van der Waals surface area contributed by atoms with Crippen molar-refractivity contribution in [3.8, 4) is 0 Å². The van der Waals surface area contributed by atoms with Crippen LogP contribution in [0, 0.1) is 0 Å². The molecule has 0 unspecified atom stereocenters. The molecule has 1 aromatic carbocycles. The van der Waals surface area contributed by atoms with Gasteiger partial charge >= 0.3 is 0 Å². The van der Waals surface area contributed by atoms with Crippen LogP contribution in [0.25, 0.3) is 0 Å². The molecule has 0 bridgehead atoms. The van der Waals surface area contributed by atoms with Crippen LogP contribution in [0.15, 0.2) is 43.0 Å². The van der Waals surface area contributed by atoms with Crippen LogP contribution in [0.3, 0.4) is 0 Å². The smallest absolute Gasteiger partial charge is 0.184 e. The van der Waals surface area contributed by atoms with Gasteiger partial charge in [0.05, 0.1) is 11.2 Å². The third-order valence-electron chi connectivity index (χ3n) is 3.09. The Bertz CT molecular complexity index is 434. The third-order valence-corrected chi connectivity index (χ3v) is 4.26. The van der Waals surface area contributed by atoms with Crippen LogP contribution in [0.4, 0.5) is 0 Å². The standard InChI is InChI=1S/C17H28O2Si/c1-7-13-17(18,15-11-9-8-10-12-15)14-16(2,3)19-20(4,5)6/h7-12,18H,1,13-14H2,2-6H3/t17-/m0/s1. The molecular weight excluding hydrogens is 264 g/mol. The molecule has 0 amide bonds. The van der Waals surface area contributed by atoms with Crippen molar-refractivity contribution in [2.45, 2.75) is 57.5 Å². The normalized spacial score (nSPS) is 15.7. The molecule has 0 saturated carbocycles. The van der Waals surface area contributed by atoms with Gasteiger partial charge in [0.2, 0.25) is 0 Å². The maximum atomic E-state index is 11.1. The van der Waals surface area contributed by atoms with Crippen molar-refractivity contribution in [1.82, 2.24) is 0 Å². The first-order valence-electron chi connectivity index (χ1n) is 7.17. The highest BCUT2D eigenvalue weighted by molar-refractivity contribution is 6.69. The molecule has 20 heavy (non-hydrogen) atoms. The Labute approximate surface area is 124 Å². The lowest BCUT2D eigenvalue weighted by Crippen LogP contribution is -2.43. The monoisotopic (exact) mass is 292 g/mol. The van der Waals surface area contributed by atoms with Crippen LogP contribution in [0.2, 0.25) is 19.6 Å². The molecule has 1 atom stereocenters. The second-order valence-electron chi connectivity index (χ2n) is 7.04.